The Morgan fingerprint density at radius 1 is 1.58 bits per heavy atom. The number of aliphatic imine (C=N–C) groups is 1. The molecular weight excluding hydrogens is 242 g/mol. The number of methoxy groups -OCH3 is 1. The summed E-state index contributed by atoms with van der Waals surface area (Å²) in [4.78, 5) is 18.6. The monoisotopic (exact) mass is 267 g/mol. The number of guanidine groups is 1. The van der Waals surface area contributed by atoms with Crippen molar-refractivity contribution in [2.24, 2.45) is 22.6 Å². The van der Waals surface area contributed by atoms with Crippen molar-refractivity contribution in [3.8, 4) is 0 Å². The molecule has 0 radical (unpaired) electrons. The van der Waals surface area contributed by atoms with Crippen LogP contribution in [0.1, 0.15) is 40.0 Å². The highest BCUT2D eigenvalue weighted by Gasteiger charge is 2.46. The quantitative estimate of drug-likeness (QED) is 0.818. The van der Waals surface area contributed by atoms with Gasteiger partial charge < -0.3 is 10.5 Å². The Labute approximate surface area is 115 Å². The lowest BCUT2D eigenvalue weighted by Crippen LogP contribution is -2.55. The summed E-state index contributed by atoms with van der Waals surface area (Å²) >= 11 is 0. The van der Waals surface area contributed by atoms with Gasteiger partial charge in [-0.05, 0) is 38.5 Å². The lowest BCUT2D eigenvalue weighted by molar-refractivity contribution is -0.131. The van der Waals surface area contributed by atoms with Crippen LogP contribution in [0.5, 0.6) is 0 Å². The molecule has 108 valence electrons. The van der Waals surface area contributed by atoms with E-state index in [9.17, 15) is 4.79 Å². The number of hydrogen-bond donors (Lipinski definition) is 1. The third-order valence-electron chi connectivity index (χ3n) is 4.13. The predicted octanol–water partition coefficient (Wildman–Crippen LogP) is 1.37. The molecule has 3 atom stereocenters. The molecule has 1 aliphatic heterocycles. The maximum Gasteiger partial charge on any atom is 0.231 e. The first-order valence-corrected chi connectivity index (χ1v) is 7.02. The molecular formula is C14H25N3O2. The summed E-state index contributed by atoms with van der Waals surface area (Å²) in [5.74, 6) is 1.67. The SMILES string of the molecule is COCC[C@H]([C@@H]1C[C@H]1C)N1C(=O)CC(C)(C)N=C1N. The van der Waals surface area contributed by atoms with Crippen molar-refractivity contribution in [3.63, 3.8) is 0 Å². The van der Waals surface area contributed by atoms with E-state index < -0.39 is 0 Å². The number of rotatable bonds is 5. The fraction of sp³-hybridized carbons (Fsp3) is 0.857. The molecule has 1 saturated carbocycles. The zero-order valence-corrected chi connectivity index (χ0v) is 12.3. The first kappa shape index (κ1) is 14.3. The number of ether oxygens (including phenoxy) is 1. The molecule has 1 aliphatic carbocycles. The Bertz CT molecular complexity index is 392. The second-order valence-corrected chi connectivity index (χ2v) is 6.45. The minimum Gasteiger partial charge on any atom is -0.385 e. The highest BCUT2D eigenvalue weighted by molar-refractivity contribution is 5.99. The molecule has 1 heterocycles. The van der Waals surface area contributed by atoms with Crippen LogP contribution < -0.4 is 5.73 Å². The molecule has 5 nitrogen and oxygen atoms in total. The van der Waals surface area contributed by atoms with E-state index in [2.05, 4.69) is 11.9 Å². The van der Waals surface area contributed by atoms with Gasteiger partial charge in [-0.3, -0.25) is 9.69 Å². The molecule has 1 fully saturated rings. The van der Waals surface area contributed by atoms with E-state index in [0.717, 1.165) is 12.8 Å². The summed E-state index contributed by atoms with van der Waals surface area (Å²) < 4.78 is 5.17. The van der Waals surface area contributed by atoms with Crippen molar-refractivity contribution in [2.75, 3.05) is 13.7 Å². The minimum atomic E-state index is -0.376. The number of nitrogens with zero attached hydrogens (tertiary/aromatic N) is 2. The number of nitrogens with two attached hydrogens (primary N) is 1. The van der Waals surface area contributed by atoms with Gasteiger partial charge >= 0.3 is 0 Å². The normalized spacial score (nSPS) is 31.1. The first-order chi connectivity index (χ1) is 8.85. The third-order valence-corrected chi connectivity index (χ3v) is 4.13. The molecule has 0 aromatic rings. The van der Waals surface area contributed by atoms with Crippen LogP contribution >= 0.6 is 0 Å². The Morgan fingerprint density at radius 3 is 2.68 bits per heavy atom. The third kappa shape index (κ3) is 3.08. The van der Waals surface area contributed by atoms with E-state index in [4.69, 9.17) is 10.5 Å². The highest BCUT2D eigenvalue weighted by Crippen LogP contribution is 2.44. The zero-order valence-electron chi connectivity index (χ0n) is 12.3. The maximum absolute atomic E-state index is 12.4. The second-order valence-electron chi connectivity index (χ2n) is 6.45. The van der Waals surface area contributed by atoms with Crippen molar-refractivity contribution in [1.29, 1.82) is 0 Å². The van der Waals surface area contributed by atoms with Crippen molar-refractivity contribution >= 4 is 11.9 Å². The van der Waals surface area contributed by atoms with Crippen LogP contribution in [-0.4, -0.2) is 42.1 Å². The van der Waals surface area contributed by atoms with Crippen LogP contribution in [0.2, 0.25) is 0 Å². The first-order valence-electron chi connectivity index (χ1n) is 7.02. The van der Waals surface area contributed by atoms with Gasteiger partial charge in [0.25, 0.3) is 0 Å². The summed E-state index contributed by atoms with van der Waals surface area (Å²) in [6, 6.07) is 0.141. The Morgan fingerprint density at radius 2 is 2.21 bits per heavy atom. The number of hydrogen-bond acceptors (Lipinski definition) is 4. The molecule has 2 rings (SSSR count). The van der Waals surface area contributed by atoms with Gasteiger partial charge in [0.15, 0.2) is 5.96 Å². The second kappa shape index (κ2) is 5.12. The molecule has 0 spiro atoms. The van der Waals surface area contributed by atoms with Crippen LogP contribution in [0.4, 0.5) is 0 Å². The Balaban J connectivity index is 2.18. The minimum absolute atomic E-state index is 0.0951. The smallest absolute Gasteiger partial charge is 0.231 e. The molecule has 2 aliphatic rings. The molecule has 0 unspecified atom stereocenters. The van der Waals surface area contributed by atoms with Crippen LogP contribution in [0.25, 0.3) is 0 Å². The van der Waals surface area contributed by atoms with E-state index in [1.54, 1.807) is 12.0 Å². The van der Waals surface area contributed by atoms with Crippen LogP contribution in [0.15, 0.2) is 4.99 Å². The largest absolute Gasteiger partial charge is 0.385 e. The average Bonchev–Trinajstić information content (AvgIpc) is 2.97. The van der Waals surface area contributed by atoms with Crippen molar-refractivity contribution in [3.05, 3.63) is 0 Å². The van der Waals surface area contributed by atoms with Crippen LogP contribution in [0, 0.1) is 11.8 Å². The summed E-state index contributed by atoms with van der Waals surface area (Å²) in [6.45, 7) is 6.75. The summed E-state index contributed by atoms with van der Waals surface area (Å²) in [5.41, 5.74) is 5.67. The van der Waals surface area contributed by atoms with E-state index in [1.807, 2.05) is 13.8 Å². The lowest BCUT2D eigenvalue weighted by atomic mass is 9.96. The molecule has 2 N–H and O–H groups in total. The summed E-state index contributed by atoms with van der Waals surface area (Å²) in [5, 5.41) is 0. The van der Waals surface area contributed by atoms with Gasteiger partial charge in [0.2, 0.25) is 5.91 Å². The standard InChI is InChI=1S/C14H25N3O2/c1-9-7-10(9)11(5-6-19-4)17-12(18)8-14(2,3)16-13(17)15/h9-11H,5-8H2,1-4H3,(H2,15,16)/t9-,10-,11-/m1/s1. The van der Waals surface area contributed by atoms with Gasteiger partial charge in [-0.2, -0.15) is 0 Å². The van der Waals surface area contributed by atoms with Gasteiger partial charge in [0.05, 0.1) is 12.0 Å². The van der Waals surface area contributed by atoms with Gasteiger partial charge in [0, 0.05) is 19.8 Å². The van der Waals surface area contributed by atoms with E-state index in [1.165, 1.54) is 0 Å². The fourth-order valence-corrected chi connectivity index (χ4v) is 3.00. The molecule has 0 bridgehead atoms. The van der Waals surface area contributed by atoms with E-state index in [-0.39, 0.29) is 17.5 Å². The lowest BCUT2D eigenvalue weighted by Gasteiger charge is -2.38. The van der Waals surface area contributed by atoms with Gasteiger partial charge in [-0.25, -0.2) is 4.99 Å². The topological polar surface area (TPSA) is 67.9 Å². The van der Waals surface area contributed by atoms with Crippen LogP contribution in [-0.2, 0) is 9.53 Å². The molecule has 5 heteroatoms. The molecule has 0 saturated heterocycles. The van der Waals surface area contributed by atoms with Crippen molar-refractivity contribution in [1.82, 2.24) is 4.90 Å². The Hall–Kier alpha value is -1.10. The molecule has 19 heavy (non-hydrogen) atoms. The van der Waals surface area contributed by atoms with Crippen molar-refractivity contribution in [2.45, 2.75) is 51.6 Å². The zero-order chi connectivity index (χ0) is 14.2. The summed E-state index contributed by atoms with van der Waals surface area (Å²) in [7, 11) is 1.69. The Kier molecular flexibility index (Phi) is 3.85. The van der Waals surface area contributed by atoms with Crippen LogP contribution in [0.3, 0.4) is 0 Å². The van der Waals surface area contributed by atoms with Crippen molar-refractivity contribution < 1.29 is 9.53 Å². The number of carbonyl (C=O) groups excluding carboxylic acids is 1. The van der Waals surface area contributed by atoms with Gasteiger partial charge in [-0.1, -0.05) is 6.92 Å². The molecule has 1 amide bonds. The van der Waals surface area contributed by atoms with E-state index in [0.29, 0.717) is 30.8 Å². The van der Waals surface area contributed by atoms with E-state index >= 15 is 0 Å². The fourth-order valence-electron chi connectivity index (χ4n) is 3.00. The summed E-state index contributed by atoms with van der Waals surface area (Å²) in [6.07, 6.45) is 2.42. The molecule has 0 aromatic carbocycles. The highest BCUT2D eigenvalue weighted by atomic mass is 16.5. The average molecular weight is 267 g/mol. The number of carbonyl (C=O) groups is 1. The number of amides is 1. The van der Waals surface area contributed by atoms with Gasteiger partial charge in [-0.15, -0.1) is 0 Å². The molecule has 0 aromatic heterocycles. The predicted molar refractivity (Wildman–Crippen MR) is 74.7 cm³/mol. The maximum atomic E-state index is 12.4. The van der Waals surface area contributed by atoms with Gasteiger partial charge in [0.1, 0.15) is 0 Å².